The Balaban J connectivity index is 1.82. The average molecular weight is 351 g/mol. The van der Waals surface area contributed by atoms with Crippen molar-refractivity contribution in [2.75, 3.05) is 19.7 Å². The monoisotopic (exact) mass is 351 g/mol. The van der Waals surface area contributed by atoms with Crippen molar-refractivity contribution < 1.29 is 14.3 Å². The number of hydrogen-bond acceptors (Lipinski definition) is 4. The molecule has 0 unspecified atom stereocenters. The van der Waals surface area contributed by atoms with Gasteiger partial charge in [-0.05, 0) is 50.6 Å². The van der Waals surface area contributed by atoms with Gasteiger partial charge in [0.1, 0.15) is 0 Å². The molecule has 136 valence electrons. The van der Waals surface area contributed by atoms with Gasteiger partial charge in [0.15, 0.2) is 5.78 Å². The fourth-order valence-corrected chi connectivity index (χ4v) is 3.41. The quantitative estimate of drug-likeness (QED) is 0.581. The van der Waals surface area contributed by atoms with Gasteiger partial charge >= 0.3 is 5.97 Å². The molecule has 0 radical (unpaired) electrons. The first kappa shape index (κ1) is 18.3. The molecule has 0 amide bonds. The van der Waals surface area contributed by atoms with Crippen LogP contribution in [0.1, 0.15) is 58.0 Å². The van der Waals surface area contributed by atoms with Crippen molar-refractivity contribution in [3.05, 3.63) is 70.8 Å². The maximum absolute atomic E-state index is 13.0. The van der Waals surface area contributed by atoms with Crippen molar-refractivity contribution in [2.24, 2.45) is 0 Å². The molecule has 0 atom stereocenters. The van der Waals surface area contributed by atoms with E-state index in [0.29, 0.717) is 16.7 Å². The van der Waals surface area contributed by atoms with E-state index in [9.17, 15) is 9.59 Å². The van der Waals surface area contributed by atoms with E-state index in [1.54, 1.807) is 31.2 Å². The lowest BCUT2D eigenvalue weighted by molar-refractivity contribution is 0.0523. The first-order valence-electron chi connectivity index (χ1n) is 9.31. The summed E-state index contributed by atoms with van der Waals surface area (Å²) < 4.78 is 5.08. The highest BCUT2D eigenvalue weighted by Gasteiger charge is 2.19. The molecule has 0 bridgehead atoms. The van der Waals surface area contributed by atoms with E-state index in [4.69, 9.17) is 4.74 Å². The van der Waals surface area contributed by atoms with Crippen molar-refractivity contribution in [3.8, 4) is 0 Å². The third-order valence-electron chi connectivity index (χ3n) is 4.71. The van der Waals surface area contributed by atoms with Gasteiger partial charge in [0, 0.05) is 17.7 Å². The van der Waals surface area contributed by atoms with Crippen LogP contribution in [0.5, 0.6) is 0 Å². The largest absolute Gasteiger partial charge is 0.462 e. The summed E-state index contributed by atoms with van der Waals surface area (Å²) in [5, 5.41) is 0. The predicted molar refractivity (Wildman–Crippen MR) is 101 cm³/mol. The third-order valence-corrected chi connectivity index (χ3v) is 4.71. The zero-order valence-electron chi connectivity index (χ0n) is 15.2. The van der Waals surface area contributed by atoms with Crippen LogP contribution in [0.3, 0.4) is 0 Å². The highest BCUT2D eigenvalue weighted by atomic mass is 16.5. The van der Waals surface area contributed by atoms with Crippen LogP contribution in [0.15, 0.2) is 48.5 Å². The summed E-state index contributed by atoms with van der Waals surface area (Å²) in [6.07, 6.45) is 3.79. The average Bonchev–Trinajstić information content (AvgIpc) is 2.68. The Morgan fingerprint density at radius 2 is 1.69 bits per heavy atom. The second-order valence-corrected chi connectivity index (χ2v) is 6.63. The SMILES string of the molecule is CCOC(=O)c1ccccc1C(=O)c1cccc(CN2CCCCC2)c1. The van der Waals surface area contributed by atoms with Crippen LogP contribution in [0.4, 0.5) is 0 Å². The van der Waals surface area contributed by atoms with Gasteiger partial charge in [-0.15, -0.1) is 0 Å². The first-order valence-corrected chi connectivity index (χ1v) is 9.31. The molecule has 1 heterocycles. The predicted octanol–water partition coefficient (Wildman–Crippen LogP) is 4.08. The molecule has 0 N–H and O–H groups in total. The Morgan fingerprint density at radius 3 is 2.42 bits per heavy atom. The number of rotatable bonds is 6. The van der Waals surface area contributed by atoms with Crippen molar-refractivity contribution >= 4 is 11.8 Å². The van der Waals surface area contributed by atoms with E-state index in [2.05, 4.69) is 11.0 Å². The van der Waals surface area contributed by atoms with Crippen LogP contribution < -0.4 is 0 Å². The molecule has 1 saturated heterocycles. The Labute approximate surface area is 154 Å². The van der Waals surface area contributed by atoms with E-state index in [0.717, 1.165) is 25.2 Å². The molecular weight excluding hydrogens is 326 g/mol. The molecule has 0 aliphatic carbocycles. The van der Waals surface area contributed by atoms with Gasteiger partial charge in [0.25, 0.3) is 0 Å². The van der Waals surface area contributed by atoms with Crippen molar-refractivity contribution in [3.63, 3.8) is 0 Å². The van der Waals surface area contributed by atoms with Gasteiger partial charge in [-0.25, -0.2) is 4.79 Å². The molecule has 4 heteroatoms. The molecule has 2 aromatic rings. The molecule has 1 fully saturated rings. The van der Waals surface area contributed by atoms with Crippen LogP contribution in [0.25, 0.3) is 0 Å². The van der Waals surface area contributed by atoms with E-state index in [-0.39, 0.29) is 12.4 Å². The van der Waals surface area contributed by atoms with Crippen LogP contribution in [-0.2, 0) is 11.3 Å². The molecule has 0 saturated carbocycles. The minimum absolute atomic E-state index is 0.144. The minimum Gasteiger partial charge on any atom is -0.462 e. The second-order valence-electron chi connectivity index (χ2n) is 6.63. The smallest absolute Gasteiger partial charge is 0.338 e. The number of nitrogens with zero attached hydrogens (tertiary/aromatic N) is 1. The zero-order chi connectivity index (χ0) is 18.4. The van der Waals surface area contributed by atoms with Gasteiger partial charge in [-0.1, -0.05) is 42.8 Å². The fourth-order valence-electron chi connectivity index (χ4n) is 3.41. The number of carbonyl (C=O) groups excluding carboxylic acids is 2. The summed E-state index contributed by atoms with van der Waals surface area (Å²) in [5.41, 5.74) is 2.45. The van der Waals surface area contributed by atoms with E-state index >= 15 is 0 Å². The maximum atomic E-state index is 13.0. The van der Waals surface area contributed by atoms with Crippen molar-refractivity contribution in [2.45, 2.75) is 32.7 Å². The zero-order valence-corrected chi connectivity index (χ0v) is 15.2. The Kier molecular flexibility index (Phi) is 6.18. The first-order chi connectivity index (χ1) is 12.7. The van der Waals surface area contributed by atoms with Gasteiger partial charge < -0.3 is 4.74 Å². The number of benzene rings is 2. The lowest BCUT2D eigenvalue weighted by atomic mass is 9.97. The number of ether oxygens (including phenoxy) is 1. The Morgan fingerprint density at radius 1 is 0.962 bits per heavy atom. The van der Waals surface area contributed by atoms with E-state index in [1.807, 2.05) is 18.2 Å². The minimum atomic E-state index is -0.457. The maximum Gasteiger partial charge on any atom is 0.338 e. The molecule has 1 aliphatic rings. The molecule has 0 spiro atoms. The van der Waals surface area contributed by atoms with Crippen LogP contribution >= 0.6 is 0 Å². The third kappa shape index (κ3) is 4.38. The van der Waals surface area contributed by atoms with Gasteiger partial charge in [0.2, 0.25) is 0 Å². The fraction of sp³-hybridized carbons (Fsp3) is 0.364. The van der Waals surface area contributed by atoms with Gasteiger partial charge in [-0.3, -0.25) is 9.69 Å². The Hall–Kier alpha value is -2.46. The van der Waals surface area contributed by atoms with Crippen LogP contribution in [0.2, 0.25) is 0 Å². The number of esters is 1. The molecular formula is C22H25NO3. The lowest BCUT2D eigenvalue weighted by Gasteiger charge is -2.26. The normalized spacial score (nSPS) is 14.8. The topological polar surface area (TPSA) is 46.6 Å². The van der Waals surface area contributed by atoms with Crippen LogP contribution in [-0.4, -0.2) is 36.3 Å². The molecule has 2 aromatic carbocycles. The number of likely N-dealkylation sites (tertiary alicyclic amines) is 1. The molecule has 1 aliphatic heterocycles. The molecule has 26 heavy (non-hydrogen) atoms. The summed E-state index contributed by atoms with van der Waals surface area (Å²) in [6, 6.07) is 14.6. The summed E-state index contributed by atoms with van der Waals surface area (Å²) in [6.45, 7) is 5.13. The van der Waals surface area contributed by atoms with Gasteiger partial charge in [-0.2, -0.15) is 0 Å². The summed E-state index contributed by atoms with van der Waals surface area (Å²) in [7, 11) is 0. The number of carbonyl (C=O) groups is 2. The summed E-state index contributed by atoms with van der Waals surface area (Å²) >= 11 is 0. The second kappa shape index (κ2) is 8.77. The lowest BCUT2D eigenvalue weighted by Crippen LogP contribution is -2.29. The summed E-state index contributed by atoms with van der Waals surface area (Å²) in [4.78, 5) is 27.6. The molecule has 4 nitrogen and oxygen atoms in total. The standard InChI is InChI=1S/C22H25NO3/c1-2-26-22(25)20-12-5-4-11-19(20)21(24)18-10-8-9-17(15-18)16-23-13-6-3-7-14-23/h4-5,8-12,15H,2-3,6-7,13-14,16H2,1H3. The Bertz CT molecular complexity index is 778. The molecule has 3 rings (SSSR count). The number of ketones is 1. The number of hydrogen-bond donors (Lipinski definition) is 0. The van der Waals surface area contributed by atoms with Crippen LogP contribution in [0, 0.1) is 0 Å². The van der Waals surface area contributed by atoms with E-state index < -0.39 is 5.97 Å². The summed E-state index contributed by atoms with van der Waals surface area (Å²) in [5.74, 6) is -0.602. The molecule has 0 aromatic heterocycles. The van der Waals surface area contributed by atoms with Crippen molar-refractivity contribution in [1.82, 2.24) is 4.90 Å². The van der Waals surface area contributed by atoms with E-state index in [1.165, 1.54) is 19.3 Å². The highest BCUT2D eigenvalue weighted by molar-refractivity contribution is 6.14. The van der Waals surface area contributed by atoms with Gasteiger partial charge in [0.05, 0.1) is 12.2 Å². The number of piperidine rings is 1. The van der Waals surface area contributed by atoms with Crippen molar-refractivity contribution in [1.29, 1.82) is 0 Å². The highest BCUT2D eigenvalue weighted by Crippen LogP contribution is 2.19.